The number of benzene rings is 3. The molecule has 118 valence electrons. The quantitative estimate of drug-likeness (QED) is 0.308. The van der Waals surface area contributed by atoms with Gasteiger partial charge in [0.15, 0.2) is 0 Å². The minimum atomic E-state index is -0.435. The van der Waals surface area contributed by atoms with Crippen molar-refractivity contribution in [2.24, 2.45) is 0 Å². The molecule has 0 saturated carbocycles. The fourth-order valence-electron chi connectivity index (χ4n) is 2.23. The zero-order chi connectivity index (χ0) is 16.9. The van der Waals surface area contributed by atoms with Crippen molar-refractivity contribution in [3.05, 3.63) is 94.5 Å². The van der Waals surface area contributed by atoms with Crippen molar-refractivity contribution < 1.29 is 14.5 Å². The molecule has 0 saturated heterocycles. The van der Waals surface area contributed by atoms with Gasteiger partial charge in [-0.3, -0.25) is 10.1 Å². The Morgan fingerprint density at radius 3 is 1.88 bits per heavy atom. The van der Waals surface area contributed by atoms with E-state index in [0.717, 1.165) is 11.1 Å². The van der Waals surface area contributed by atoms with Crippen LogP contribution in [0.25, 0.3) is 11.1 Å². The minimum absolute atomic E-state index is 0.0483. The average molecular weight is 319 g/mol. The molecular weight excluding hydrogens is 306 g/mol. The number of hydrogen-bond donors (Lipinski definition) is 0. The van der Waals surface area contributed by atoms with Gasteiger partial charge in [0.1, 0.15) is 5.75 Å². The number of ether oxygens (including phenoxy) is 1. The van der Waals surface area contributed by atoms with E-state index in [1.807, 2.05) is 6.07 Å². The van der Waals surface area contributed by atoms with Crippen molar-refractivity contribution in [1.82, 2.24) is 0 Å². The third-order valence-electron chi connectivity index (χ3n) is 3.49. The molecule has 0 atom stereocenters. The van der Waals surface area contributed by atoms with Crippen LogP contribution < -0.4 is 4.74 Å². The van der Waals surface area contributed by atoms with Crippen LogP contribution in [0.15, 0.2) is 78.9 Å². The molecule has 0 N–H and O–H groups in total. The summed E-state index contributed by atoms with van der Waals surface area (Å²) in [5.41, 5.74) is 2.26. The van der Waals surface area contributed by atoms with Crippen LogP contribution in [0, 0.1) is 10.1 Å². The molecule has 5 heteroatoms. The fraction of sp³-hybridized carbons (Fsp3) is 0. The number of rotatable bonds is 4. The first-order valence-corrected chi connectivity index (χ1v) is 7.25. The van der Waals surface area contributed by atoms with Gasteiger partial charge >= 0.3 is 5.97 Å². The summed E-state index contributed by atoms with van der Waals surface area (Å²) in [6.45, 7) is 0. The van der Waals surface area contributed by atoms with Gasteiger partial charge in [-0.05, 0) is 47.5 Å². The summed E-state index contributed by atoms with van der Waals surface area (Å²) in [5, 5.41) is 10.7. The van der Waals surface area contributed by atoms with Crippen LogP contribution >= 0.6 is 0 Å². The standard InChI is InChI=1S/C19H13NO4/c21-19(16-4-2-1-3-5-16)24-18-12-8-15(9-13-18)14-6-10-17(11-7-14)20(22)23/h1-13H. The molecule has 3 aromatic rings. The minimum Gasteiger partial charge on any atom is -0.423 e. The van der Waals surface area contributed by atoms with Gasteiger partial charge in [0, 0.05) is 12.1 Å². The van der Waals surface area contributed by atoms with Gasteiger partial charge in [0.2, 0.25) is 0 Å². The van der Waals surface area contributed by atoms with E-state index in [9.17, 15) is 14.9 Å². The second kappa shape index (κ2) is 6.75. The Morgan fingerprint density at radius 1 is 0.792 bits per heavy atom. The number of nitro groups is 1. The summed E-state index contributed by atoms with van der Waals surface area (Å²) in [6.07, 6.45) is 0. The van der Waals surface area contributed by atoms with Crippen molar-refractivity contribution in [1.29, 1.82) is 0 Å². The van der Waals surface area contributed by atoms with Crippen LogP contribution in [0.4, 0.5) is 5.69 Å². The number of hydrogen-bond acceptors (Lipinski definition) is 4. The molecule has 5 nitrogen and oxygen atoms in total. The lowest BCUT2D eigenvalue weighted by Gasteiger charge is -2.06. The summed E-state index contributed by atoms with van der Waals surface area (Å²) < 4.78 is 5.31. The Bertz CT molecular complexity index is 856. The Labute approximate surface area is 138 Å². The molecule has 3 rings (SSSR count). The molecule has 0 fully saturated rings. The molecule has 0 aliphatic carbocycles. The number of nitro benzene ring substituents is 1. The predicted octanol–water partition coefficient (Wildman–Crippen LogP) is 4.48. The lowest BCUT2D eigenvalue weighted by atomic mass is 10.1. The van der Waals surface area contributed by atoms with Gasteiger partial charge in [0.05, 0.1) is 10.5 Å². The fourth-order valence-corrected chi connectivity index (χ4v) is 2.23. The van der Waals surface area contributed by atoms with Gasteiger partial charge in [0.25, 0.3) is 5.69 Å². The molecule has 0 spiro atoms. The second-order valence-electron chi connectivity index (χ2n) is 5.08. The first kappa shape index (κ1) is 15.4. The monoisotopic (exact) mass is 319 g/mol. The Morgan fingerprint density at radius 2 is 1.33 bits per heavy atom. The van der Waals surface area contributed by atoms with Crippen molar-refractivity contribution in [3.8, 4) is 16.9 Å². The molecule has 24 heavy (non-hydrogen) atoms. The third-order valence-corrected chi connectivity index (χ3v) is 3.49. The highest BCUT2D eigenvalue weighted by atomic mass is 16.6. The molecule has 0 amide bonds. The maximum Gasteiger partial charge on any atom is 0.343 e. The second-order valence-corrected chi connectivity index (χ2v) is 5.08. The third kappa shape index (κ3) is 3.47. The largest absolute Gasteiger partial charge is 0.423 e. The number of non-ortho nitro benzene ring substituents is 1. The lowest BCUT2D eigenvalue weighted by Crippen LogP contribution is -2.07. The number of carbonyl (C=O) groups excluding carboxylic acids is 1. The summed E-state index contributed by atoms with van der Waals surface area (Å²) in [7, 11) is 0. The van der Waals surface area contributed by atoms with Crippen molar-refractivity contribution in [2.75, 3.05) is 0 Å². The van der Waals surface area contributed by atoms with E-state index in [-0.39, 0.29) is 5.69 Å². The van der Waals surface area contributed by atoms with Crippen molar-refractivity contribution >= 4 is 11.7 Å². The molecule has 0 radical (unpaired) electrons. The van der Waals surface area contributed by atoms with Crippen molar-refractivity contribution in [3.63, 3.8) is 0 Å². The number of carbonyl (C=O) groups is 1. The first-order chi connectivity index (χ1) is 11.6. The number of nitrogens with zero attached hydrogens (tertiary/aromatic N) is 1. The summed E-state index contributed by atoms with van der Waals surface area (Å²) >= 11 is 0. The average Bonchev–Trinajstić information content (AvgIpc) is 2.63. The molecule has 0 aliphatic rings. The number of esters is 1. The molecule has 0 unspecified atom stereocenters. The topological polar surface area (TPSA) is 69.4 Å². The molecule has 0 bridgehead atoms. The van der Waals surface area contributed by atoms with Crippen LogP contribution in [-0.4, -0.2) is 10.9 Å². The van der Waals surface area contributed by atoms with Gasteiger partial charge in [-0.25, -0.2) is 4.79 Å². The highest BCUT2D eigenvalue weighted by molar-refractivity contribution is 5.91. The smallest absolute Gasteiger partial charge is 0.343 e. The predicted molar refractivity (Wildman–Crippen MR) is 89.9 cm³/mol. The van der Waals surface area contributed by atoms with Crippen LogP contribution in [0.5, 0.6) is 5.75 Å². The van der Waals surface area contributed by atoms with E-state index >= 15 is 0 Å². The first-order valence-electron chi connectivity index (χ1n) is 7.25. The van der Waals surface area contributed by atoms with Crippen LogP contribution in [-0.2, 0) is 0 Å². The Balaban J connectivity index is 1.73. The Hall–Kier alpha value is -3.47. The zero-order valence-corrected chi connectivity index (χ0v) is 12.6. The van der Waals surface area contributed by atoms with Crippen LogP contribution in [0.2, 0.25) is 0 Å². The van der Waals surface area contributed by atoms with E-state index in [2.05, 4.69) is 0 Å². The van der Waals surface area contributed by atoms with E-state index in [0.29, 0.717) is 11.3 Å². The lowest BCUT2D eigenvalue weighted by molar-refractivity contribution is -0.384. The molecular formula is C19H13NO4. The van der Waals surface area contributed by atoms with E-state index in [1.165, 1.54) is 12.1 Å². The van der Waals surface area contributed by atoms with Crippen molar-refractivity contribution in [2.45, 2.75) is 0 Å². The van der Waals surface area contributed by atoms with Gasteiger partial charge in [-0.15, -0.1) is 0 Å². The highest BCUT2D eigenvalue weighted by Crippen LogP contribution is 2.24. The normalized spacial score (nSPS) is 10.2. The molecule has 3 aromatic carbocycles. The highest BCUT2D eigenvalue weighted by Gasteiger charge is 2.08. The van der Waals surface area contributed by atoms with E-state index in [1.54, 1.807) is 60.7 Å². The summed E-state index contributed by atoms with van der Waals surface area (Å²) in [6, 6.07) is 22.0. The van der Waals surface area contributed by atoms with Crippen LogP contribution in [0.3, 0.4) is 0 Å². The molecule has 0 aromatic heterocycles. The molecule has 0 heterocycles. The van der Waals surface area contributed by atoms with Gasteiger partial charge in [-0.1, -0.05) is 30.3 Å². The Kier molecular flexibility index (Phi) is 4.34. The summed E-state index contributed by atoms with van der Waals surface area (Å²) in [4.78, 5) is 22.2. The zero-order valence-electron chi connectivity index (χ0n) is 12.6. The van der Waals surface area contributed by atoms with Gasteiger partial charge in [-0.2, -0.15) is 0 Å². The van der Waals surface area contributed by atoms with E-state index in [4.69, 9.17) is 4.74 Å². The van der Waals surface area contributed by atoms with E-state index < -0.39 is 10.9 Å². The maximum absolute atomic E-state index is 12.0. The summed E-state index contributed by atoms with van der Waals surface area (Å²) in [5.74, 6) is 0.0215. The maximum atomic E-state index is 12.0. The SMILES string of the molecule is O=C(Oc1ccc(-c2ccc([N+](=O)[O-])cc2)cc1)c1ccccc1. The van der Waals surface area contributed by atoms with Gasteiger partial charge < -0.3 is 4.74 Å². The van der Waals surface area contributed by atoms with Crippen LogP contribution in [0.1, 0.15) is 10.4 Å². The molecule has 0 aliphatic heterocycles.